The molecule has 0 saturated heterocycles. The SMILES string of the molecule is CCCCCCCCCCCCCCCCC(=O)O[C@H](COC(=O)CCCCCCCCCCCCCCCCCCCCC(C)C)COC(=O)CCCCCCCCCCCCC(C)CC. The minimum absolute atomic E-state index is 0.0624. The second-order valence-corrected chi connectivity index (χ2v) is 21.7. The maximum atomic E-state index is 12.9. The van der Waals surface area contributed by atoms with Crippen LogP contribution in [0.2, 0.25) is 0 Å². The number of hydrogen-bond acceptors (Lipinski definition) is 6. The molecule has 0 radical (unpaired) electrons. The molecule has 1 unspecified atom stereocenters. The summed E-state index contributed by atoms with van der Waals surface area (Å²) in [5.41, 5.74) is 0. The molecule has 398 valence electrons. The summed E-state index contributed by atoms with van der Waals surface area (Å²) in [6.07, 6.45) is 58.1. The molecule has 6 nitrogen and oxygen atoms in total. The lowest BCUT2D eigenvalue weighted by Crippen LogP contribution is -2.30. The molecule has 0 fully saturated rings. The van der Waals surface area contributed by atoms with Gasteiger partial charge in [0, 0.05) is 19.3 Å². The molecule has 0 aromatic carbocycles. The Balaban J connectivity index is 4.25. The standard InChI is InChI=1S/C61H118O6/c1-6-8-9-10-11-12-13-14-22-26-33-38-43-48-53-61(64)67-58(55-66-60(63)52-47-42-37-32-28-27-30-35-40-45-50-57(5)7-2)54-65-59(62)51-46-41-36-31-25-23-20-18-16-15-17-19-21-24-29-34-39-44-49-56(3)4/h56-58H,6-55H2,1-5H3/t57?,58-/m1/s1. The summed E-state index contributed by atoms with van der Waals surface area (Å²) >= 11 is 0. The van der Waals surface area contributed by atoms with E-state index in [-0.39, 0.29) is 31.1 Å². The molecular weight excluding hydrogens is 829 g/mol. The summed E-state index contributed by atoms with van der Waals surface area (Å²) in [7, 11) is 0. The van der Waals surface area contributed by atoms with E-state index >= 15 is 0 Å². The number of rotatable bonds is 55. The molecule has 0 amide bonds. The number of ether oxygens (including phenoxy) is 3. The summed E-state index contributed by atoms with van der Waals surface area (Å²) in [6, 6.07) is 0. The normalized spacial score (nSPS) is 12.4. The van der Waals surface area contributed by atoms with Crippen LogP contribution in [0.15, 0.2) is 0 Å². The van der Waals surface area contributed by atoms with E-state index in [1.807, 2.05) is 0 Å². The fourth-order valence-electron chi connectivity index (χ4n) is 9.37. The third kappa shape index (κ3) is 53.6. The Labute approximate surface area is 418 Å². The van der Waals surface area contributed by atoms with E-state index in [1.165, 1.54) is 231 Å². The fourth-order valence-corrected chi connectivity index (χ4v) is 9.37. The first-order valence-electron chi connectivity index (χ1n) is 30.3. The molecule has 6 heteroatoms. The predicted octanol–water partition coefficient (Wildman–Crippen LogP) is 20.0. The van der Waals surface area contributed by atoms with Gasteiger partial charge in [0.15, 0.2) is 6.10 Å². The van der Waals surface area contributed by atoms with Gasteiger partial charge in [0.1, 0.15) is 13.2 Å². The predicted molar refractivity (Wildman–Crippen MR) is 289 cm³/mol. The Morgan fingerprint density at radius 3 is 0.851 bits per heavy atom. The van der Waals surface area contributed by atoms with E-state index in [1.54, 1.807) is 0 Å². The highest BCUT2D eigenvalue weighted by molar-refractivity contribution is 5.71. The van der Waals surface area contributed by atoms with Gasteiger partial charge >= 0.3 is 17.9 Å². The zero-order chi connectivity index (χ0) is 48.9. The van der Waals surface area contributed by atoms with Crippen molar-refractivity contribution in [2.45, 2.75) is 349 Å². The molecule has 0 rings (SSSR count). The number of hydrogen-bond donors (Lipinski definition) is 0. The van der Waals surface area contributed by atoms with Gasteiger partial charge in [-0.25, -0.2) is 0 Å². The molecule has 2 atom stereocenters. The van der Waals surface area contributed by atoms with E-state index < -0.39 is 6.10 Å². The average molecular weight is 948 g/mol. The van der Waals surface area contributed by atoms with Crippen LogP contribution in [0.25, 0.3) is 0 Å². The van der Waals surface area contributed by atoms with Crippen LogP contribution in [0.4, 0.5) is 0 Å². The first-order chi connectivity index (χ1) is 32.8. The van der Waals surface area contributed by atoms with Crippen molar-refractivity contribution < 1.29 is 28.6 Å². The Morgan fingerprint density at radius 1 is 0.313 bits per heavy atom. The third-order valence-electron chi connectivity index (χ3n) is 14.3. The van der Waals surface area contributed by atoms with Gasteiger partial charge in [0.05, 0.1) is 0 Å². The Bertz CT molecular complexity index is 1030. The summed E-state index contributed by atoms with van der Waals surface area (Å²) in [5.74, 6) is 0.892. The average Bonchev–Trinajstić information content (AvgIpc) is 3.31. The number of esters is 3. The van der Waals surface area contributed by atoms with Crippen molar-refractivity contribution in [1.82, 2.24) is 0 Å². The highest BCUT2D eigenvalue weighted by Crippen LogP contribution is 2.19. The van der Waals surface area contributed by atoms with Gasteiger partial charge in [-0.15, -0.1) is 0 Å². The van der Waals surface area contributed by atoms with Crippen LogP contribution in [0.1, 0.15) is 343 Å². The minimum Gasteiger partial charge on any atom is -0.462 e. The van der Waals surface area contributed by atoms with Crippen LogP contribution < -0.4 is 0 Å². The molecule has 0 heterocycles. The first kappa shape index (κ1) is 65.4. The van der Waals surface area contributed by atoms with E-state index in [2.05, 4.69) is 34.6 Å². The van der Waals surface area contributed by atoms with Crippen LogP contribution in [0.3, 0.4) is 0 Å². The van der Waals surface area contributed by atoms with Gasteiger partial charge in [-0.3, -0.25) is 14.4 Å². The smallest absolute Gasteiger partial charge is 0.306 e. The largest absolute Gasteiger partial charge is 0.462 e. The maximum absolute atomic E-state index is 12.9. The van der Waals surface area contributed by atoms with Crippen LogP contribution in [-0.2, 0) is 28.6 Å². The molecule has 67 heavy (non-hydrogen) atoms. The highest BCUT2D eigenvalue weighted by atomic mass is 16.6. The van der Waals surface area contributed by atoms with Crippen molar-refractivity contribution in [1.29, 1.82) is 0 Å². The summed E-state index contributed by atoms with van der Waals surface area (Å²) in [5, 5.41) is 0. The molecule has 0 bridgehead atoms. The molecule has 0 aliphatic carbocycles. The number of carbonyl (C=O) groups is 3. The van der Waals surface area contributed by atoms with Crippen molar-refractivity contribution in [3.05, 3.63) is 0 Å². The zero-order valence-corrected chi connectivity index (χ0v) is 46.0. The quantitative estimate of drug-likeness (QED) is 0.0343. The third-order valence-corrected chi connectivity index (χ3v) is 14.3. The Morgan fingerprint density at radius 2 is 0.567 bits per heavy atom. The van der Waals surface area contributed by atoms with Gasteiger partial charge in [-0.2, -0.15) is 0 Å². The molecule has 0 aliphatic heterocycles. The summed E-state index contributed by atoms with van der Waals surface area (Å²) < 4.78 is 16.9. The molecule has 0 saturated carbocycles. The van der Waals surface area contributed by atoms with Crippen LogP contribution in [0.5, 0.6) is 0 Å². The van der Waals surface area contributed by atoms with Gasteiger partial charge < -0.3 is 14.2 Å². The van der Waals surface area contributed by atoms with Crippen molar-refractivity contribution >= 4 is 17.9 Å². The van der Waals surface area contributed by atoms with Crippen molar-refractivity contribution in [2.75, 3.05) is 13.2 Å². The Hall–Kier alpha value is -1.59. The molecular formula is C61H118O6. The highest BCUT2D eigenvalue weighted by Gasteiger charge is 2.19. The number of carbonyl (C=O) groups excluding carboxylic acids is 3. The minimum atomic E-state index is -0.763. The first-order valence-corrected chi connectivity index (χ1v) is 30.3. The van der Waals surface area contributed by atoms with E-state index in [0.29, 0.717) is 19.3 Å². The van der Waals surface area contributed by atoms with Gasteiger partial charge in [-0.1, -0.05) is 304 Å². The van der Waals surface area contributed by atoms with Gasteiger partial charge in [0.2, 0.25) is 0 Å². The van der Waals surface area contributed by atoms with E-state index in [4.69, 9.17) is 14.2 Å². The van der Waals surface area contributed by atoms with Crippen LogP contribution >= 0.6 is 0 Å². The second-order valence-electron chi connectivity index (χ2n) is 21.7. The molecule has 0 spiro atoms. The zero-order valence-electron chi connectivity index (χ0n) is 46.0. The van der Waals surface area contributed by atoms with Crippen LogP contribution in [0, 0.1) is 11.8 Å². The van der Waals surface area contributed by atoms with Crippen molar-refractivity contribution in [2.24, 2.45) is 11.8 Å². The molecule has 0 aromatic rings. The molecule has 0 aromatic heterocycles. The van der Waals surface area contributed by atoms with Crippen molar-refractivity contribution in [3.8, 4) is 0 Å². The topological polar surface area (TPSA) is 78.9 Å². The summed E-state index contributed by atoms with van der Waals surface area (Å²) in [6.45, 7) is 11.5. The fraction of sp³-hybridized carbons (Fsp3) is 0.951. The van der Waals surface area contributed by atoms with E-state index in [0.717, 1.165) is 69.6 Å². The van der Waals surface area contributed by atoms with Gasteiger partial charge in [0.25, 0.3) is 0 Å². The molecule has 0 aliphatic rings. The second kappa shape index (κ2) is 53.8. The van der Waals surface area contributed by atoms with Crippen LogP contribution in [-0.4, -0.2) is 37.2 Å². The maximum Gasteiger partial charge on any atom is 0.306 e. The molecule has 0 N–H and O–H groups in total. The lowest BCUT2D eigenvalue weighted by Gasteiger charge is -2.18. The number of unbranched alkanes of at least 4 members (excludes halogenated alkanes) is 39. The Kier molecular flexibility index (Phi) is 52.5. The van der Waals surface area contributed by atoms with Crippen molar-refractivity contribution in [3.63, 3.8) is 0 Å². The lowest BCUT2D eigenvalue weighted by atomic mass is 9.99. The summed E-state index contributed by atoms with van der Waals surface area (Å²) in [4.78, 5) is 38.2. The monoisotopic (exact) mass is 947 g/mol. The lowest BCUT2D eigenvalue weighted by molar-refractivity contribution is -0.167. The van der Waals surface area contributed by atoms with E-state index in [9.17, 15) is 14.4 Å². The van der Waals surface area contributed by atoms with Gasteiger partial charge in [-0.05, 0) is 31.1 Å².